The molecule has 0 aliphatic heterocycles. The van der Waals surface area contributed by atoms with Crippen LogP contribution in [0.1, 0.15) is 325 Å². The van der Waals surface area contributed by atoms with Gasteiger partial charge in [-0.3, -0.25) is 37.3 Å². The molecule has 0 aromatic heterocycles. The van der Waals surface area contributed by atoms with E-state index in [0.717, 1.165) is 108 Å². The molecular formula is C67H130O17P2. The summed E-state index contributed by atoms with van der Waals surface area (Å²) in [5.41, 5.74) is 0. The zero-order chi connectivity index (χ0) is 63.9. The molecule has 0 saturated carbocycles. The smallest absolute Gasteiger partial charge is 0.462 e. The first-order valence-corrected chi connectivity index (χ1v) is 37.7. The first-order chi connectivity index (χ1) is 41.1. The van der Waals surface area contributed by atoms with Crippen molar-refractivity contribution in [2.45, 2.75) is 343 Å². The van der Waals surface area contributed by atoms with Crippen molar-refractivity contribution in [3.05, 3.63) is 0 Å². The third-order valence-corrected chi connectivity index (χ3v) is 17.6. The van der Waals surface area contributed by atoms with E-state index >= 15 is 0 Å². The van der Waals surface area contributed by atoms with Crippen molar-refractivity contribution >= 4 is 39.5 Å². The summed E-state index contributed by atoms with van der Waals surface area (Å²) in [6.45, 7) is 14.0. The van der Waals surface area contributed by atoms with Gasteiger partial charge in [0.1, 0.15) is 19.3 Å². The number of hydrogen-bond donors (Lipinski definition) is 3. The molecule has 0 spiro atoms. The zero-order valence-electron chi connectivity index (χ0n) is 55.9. The van der Waals surface area contributed by atoms with E-state index in [0.29, 0.717) is 37.5 Å². The van der Waals surface area contributed by atoms with Crippen LogP contribution in [-0.4, -0.2) is 96.7 Å². The van der Waals surface area contributed by atoms with Crippen molar-refractivity contribution < 1.29 is 80.2 Å². The molecule has 0 aromatic carbocycles. The highest BCUT2D eigenvalue weighted by molar-refractivity contribution is 7.47. The van der Waals surface area contributed by atoms with Crippen molar-refractivity contribution in [1.82, 2.24) is 0 Å². The second kappa shape index (κ2) is 57.0. The Morgan fingerprint density at radius 2 is 0.558 bits per heavy atom. The van der Waals surface area contributed by atoms with E-state index in [2.05, 4.69) is 55.4 Å². The summed E-state index contributed by atoms with van der Waals surface area (Å²) in [4.78, 5) is 72.3. The number of aliphatic hydroxyl groups is 1. The molecule has 4 unspecified atom stereocenters. The number of ether oxygens (including phenoxy) is 4. The summed E-state index contributed by atoms with van der Waals surface area (Å²) in [5.74, 6) is 0.786. The maximum atomic E-state index is 13.0. The molecule has 0 heterocycles. The summed E-state index contributed by atoms with van der Waals surface area (Å²) in [6, 6.07) is 0. The van der Waals surface area contributed by atoms with Gasteiger partial charge in [0.2, 0.25) is 0 Å². The average Bonchev–Trinajstić information content (AvgIpc) is 3.53. The highest BCUT2D eigenvalue weighted by atomic mass is 31.2. The fraction of sp³-hybridized carbons (Fsp3) is 0.940. The van der Waals surface area contributed by atoms with E-state index in [-0.39, 0.29) is 25.7 Å². The third kappa shape index (κ3) is 59.7. The quantitative estimate of drug-likeness (QED) is 0.0222. The molecule has 0 aliphatic carbocycles. The van der Waals surface area contributed by atoms with Gasteiger partial charge in [-0.05, 0) is 49.4 Å². The second-order valence-electron chi connectivity index (χ2n) is 25.9. The van der Waals surface area contributed by atoms with Crippen molar-refractivity contribution in [2.75, 3.05) is 39.6 Å². The molecule has 510 valence electrons. The van der Waals surface area contributed by atoms with E-state index in [1.165, 1.54) is 122 Å². The van der Waals surface area contributed by atoms with Crippen LogP contribution in [-0.2, 0) is 65.4 Å². The summed E-state index contributed by atoms with van der Waals surface area (Å²) >= 11 is 0. The van der Waals surface area contributed by atoms with E-state index in [1.807, 2.05) is 0 Å². The van der Waals surface area contributed by atoms with Crippen LogP contribution in [0, 0.1) is 23.7 Å². The number of carbonyl (C=O) groups excluding carboxylic acids is 4. The Bertz CT molecular complexity index is 1720. The van der Waals surface area contributed by atoms with Crippen LogP contribution in [0.5, 0.6) is 0 Å². The van der Waals surface area contributed by atoms with Gasteiger partial charge in [0, 0.05) is 25.7 Å². The molecule has 0 fully saturated rings. The first-order valence-electron chi connectivity index (χ1n) is 34.7. The Kier molecular flexibility index (Phi) is 55.7. The fourth-order valence-electron chi connectivity index (χ4n) is 9.93. The van der Waals surface area contributed by atoms with Gasteiger partial charge in [-0.1, -0.05) is 274 Å². The maximum absolute atomic E-state index is 13.0. The highest BCUT2D eigenvalue weighted by Gasteiger charge is 2.30. The molecule has 0 bridgehead atoms. The number of carbonyl (C=O) groups is 4. The molecule has 0 rings (SSSR count). The van der Waals surface area contributed by atoms with Crippen LogP contribution in [0.15, 0.2) is 0 Å². The first kappa shape index (κ1) is 84.1. The number of esters is 4. The van der Waals surface area contributed by atoms with E-state index in [4.69, 9.17) is 37.0 Å². The Hall–Kier alpha value is -1.94. The van der Waals surface area contributed by atoms with Gasteiger partial charge in [0.25, 0.3) is 0 Å². The van der Waals surface area contributed by atoms with Gasteiger partial charge in [-0.25, -0.2) is 9.13 Å². The largest absolute Gasteiger partial charge is 0.472 e. The molecule has 0 aromatic rings. The van der Waals surface area contributed by atoms with Crippen molar-refractivity contribution in [1.29, 1.82) is 0 Å². The lowest BCUT2D eigenvalue weighted by Crippen LogP contribution is -2.30. The number of aliphatic hydroxyl groups excluding tert-OH is 1. The average molecular weight is 1270 g/mol. The lowest BCUT2D eigenvalue weighted by atomic mass is 9.99. The monoisotopic (exact) mass is 1270 g/mol. The molecule has 17 nitrogen and oxygen atoms in total. The molecule has 6 atom stereocenters. The van der Waals surface area contributed by atoms with Crippen molar-refractivity contribution in [3.63, 3.8) is 0 Å². The molecule has 3 N–H and O–H groups in total. The van der Waals surface area contributed by atoms with E-state index in [1.54, 1.807) is 0 Å². The Labute approximate surface area is 524 Å². The fourth-order valence-corrected chi connectivity index (χ4v) is 11.5. The van der Waals surface area contributed by atoms with Gasteiger partial charge < -0.3 is 33.8 Å². The lowest BCUT2D eigenvalue weighted by Gasteiger charge is -2.21. The van der Waals surface area contributed by atoms with Crippen LogP contribution in [0.4, 0.5) is 0 Å². The minimum Gasteiger partial charge on any atom is -0.462 e. The Morgan fingerprint density at radius 1 is 0.326 bits per heavy atom. The summed E-state index contributed by atoms with van der Waals surface area (Å²) < 4.78 is 68.1. The van der Waals surface area contributed by atoms with Crippen LogP contribution < -0.4 is 0 Å². The number of unbranched alkanes of at least 4 members (excludes halogenated alkanes) is 29. The summed E-state index contributed by atoms with van der Waals surface area (Å²) in [5, 5.41) is 10.6. The van der Waals surface area contributed by atoms with Gasteiger partial charge >= 0.3 is 39.5 Å². The van der Waals surface area contributed by atoms with Crippen LogP contribution >= 0.6 is 15.6 Å². The lowest BCUT2D eigenvalue weighted by molar-refractivity contribution is -0.161. The standard InChI is InChI=1S/C67H130O17P2/c1-9-60(8)46-38-30-21-16-17-23-33-41-49-66(71)83-62(53-78-65(70)48-40-32-24-18-20-28-36-44-58(4)5)55-81-85(73,74)79-51-61(68)52-80-86(75,76)82-56-63(84-67(72)50-42-34-26-25-29-37-45-59(6)7)54-77-64(69)47-39-31-22-15-13-11-10-12-14-19-27-35-43-57(2)3/h57-63,68H,9-56H2,1-8H3,(H,73,74)(H,75,76)/t60?,61?,62-,63-/m1/s1. The number of phosphoric acid groups is 2. The number of rotatable bonds is 64. The van der Waals surface area contributed by atoms with Crippen molar-refractivity contribution in [2.24, 2.45) is 23.7 Å². The molecule has 86 heavy (non-hydrogen) atoms. The highest BCUT2D eigenvalue weighted by Crippen LogP contribution is 2.45. The van der Waals surface area contributed by atoms with Crippen molar-refractivity contribution in [3.8, 4) is 0 Å². The molecule has 0 radical (unpaired) electrons. The van der Waals surface area contributed by atoms with Gasteiger partial charge in [-0.15, -0.1) is 0 Å². The predicted molar refractivity (Wildman–Crippen MR) is 344 cm³/mol. The second-order valence-corrected chi connectivity index (χ2v) is 28.8. The maximum Gasteiger partial charge on any atom is 0.472 e. The van der Waals surface area contributed by atoms with Gasteiger partial charge in [0.15, 0.2) is 12.2 Å². The van der Waals surface area contributed by atoms with Crippen LogP contribution in [0.2, 0.25) is 0 Å². The van der Waals surface area contributed by atoms with Crippen LogP contribution in [0.3, 0.4) is 0 Å². The SMILES string of the molecule is CCC(C)CCCCCCCCCCC(=O)O[C@H](COC(=O)CCCCCCCCCC(C)C)COP(=O)(O)OCC(O)COP(=O)(O)OC[C@@H](COC(=O)CCCCCCCCCCCCCCC(C)C)OC(=O)CCCCCCCCC(C)C. The topological polar surface area (TPSA) is 237 Å². The van der Waals surface area contributed by atoms with E-state index in [9.17, 15) is 43.2 Å². The molecule has 0 saturated heterocycles. The van der Waals surface area contributed by atoms with Crippen LogP contribution in [0.25, 0.3) is 0 Å². The summed E-state index contributed by atoms with van der Waals surface area (Å²) in [6.07, 6.45) is 37.8. The minimum absolute atomic E-state index is 0.101. The Balaban J connectivity index is 5.22. The predicted octanol–water partition coefficient (Wildman–Crippen LogP) is 18.5. The molecule has 0 aliphatic rings. The minimum atomic E-state index is -4.95. The third-order valence-electron chi connectivity index (χ3n) is 15.7. The normalized spacial score (nSPS) is 14.7. The molecule has 0 amide bonds. The Morgan fingerprint density at radius 3 is 0.826 bits per heavy atom. The van der Waals surface area contributed by atoms with Gasteiger partial charge in [-0.2, -0.15) is 0 Å². The number of phosphoric ester groups is 2. The molecule has 19 heteroatoms. The number of hydrogen-bond acceptors (Lipinski definition) is 15. The molecular weight excluding hydrogens is 1140 g/mol. The van der Waals surface area contributed by atoms with E-state index < -0.39 is 97.5 Å². The van der Waals surface area contributed by atoms with Gasteiger partial charge in [0.05, 0.1) is 26.4 Å². The summed E-state index contributed by atoms with van der Waals surface area (Å²) in [7, 11) is -9.89. The zero-order valence-corrected chi connectivity index (χ0v) is 57.7.